The van der Waals surface area contributed by atoms with Gasteiger partial charge in [-0.1, -0.05) is 41.8 Å². The van der Waals surface area contributed by atoms with Gasteiger partial charge in [0.1, 0.15) is 5.75 Å². The number of hydrogen-bond donors (Lipinski definition) is 1. The van der Waals surface area contributed by atoms with Crippen molar-refractivity contribution in [1.29, 1.82) is 0 Å². The molecule has 0 atom stereocenters. The molecule has 1 heteroatoms. The van der Waals surface area contributed by atoms with Crippen LogP contribution in [0.25, 0.3) is 5.57 Å². The van der Waals surface area contributed by atoms with E-state index in [4.69, 9.17) is 0 Å². The quantitative estimate of drug-likeness (QED) is 0.712. The highest BCUT2D eigenvalue weighted by Gasteiger charge is 2.16. The van der Waals surface area contributed by atoms with E-state index in [-0.39, 0.29) is 0 Å². The first-order valence-corrected chi connectivity index (χ1v) is 8.66. The summed E-state index contributed by atoms with van der Waals surface area (Å²) in [7, 11) is 0. The van der Waals surface area contributed by atoms with E-state index in [0.29, 0.717) is 5.75 Å². The summed E-state index contributed by atoms with van der Waals surface area (Å²) in [5.74, 6) is 0.422. The fraction of sp³-hybridized carbons (Fsp3) is 0.364. The summed E-state index contributed by atoms with van der Waals surface area (Å²) < 4.78 is 0. The molecule has 0 aromatic heterocycles. The highest BCUT2D eigenvalue weighted by Crippen LogP contribution is 2.37. The number of aryl methyl sites for hydroxylation is 3. The normalized spacial score (nSPS) is 14.8. The molecule has 0 saturated heterocycles. The van der Waals surface area contributed by atoms with Crippen molar-refractivity contribution >= 4 is 5.57 Å². The van der Waals surface area contributed by atoms with Crippen LogP contribution in [0.4, 0.5) is 0 Å². The molecule has 1 saturated carbocycles. The van der Waals surface area contributed by atoms with Gasteiger partial charge in [-0.05, 0) is 86.4 Å². The maximum atomic E-state index is 10.1. The standard InChI is InChI=1S/C22H26O/c1-15-9-11-19(12-10-15)21(18-7-5-4-6-8-18)20-13-16(2)22(23)17(3)14-20/h9-14,23H,4-8H2,1-3H3. The van der Waals surface area contributed by atoms with Gasteiger partial charge in [-0.2, -0.15) is 0 Å². The third-order valence-electron chi connectivity index (χ3n) is 4.93. The van der Waals surface area contributed by atoms with E-state index in [1.807, 2.05) is 13.8 Å². The van der Waals surface area contributed by atoms with Gasteiger partial charge in [0.05, 0.1) is 0 Å². The van der Waals surface area contributed by atoms with Gasteiger partial charge < -0.3 is 5.11 Å². The van der Waals surface area contributed by atoms with Crippen molar-refractivity contribution in [2.45, 2.75) is 52.9 Å². The van der Waals surface area contributed by atoms with E-state index in [1.165, 1.54) is 54.4 Å². The number of aromatic hydroxyl groups is 1. The molecule has 0 radical (unpaired) electrons. The van der Waals surface area contributed by atoms with Crippen molar-refractivity contribution in [2.24, 2.45) is 0 Å². The second-order valence-corrected chi connectivity index (χ2v) is 6.86. The lowest BCUT2D eigenvalue weighted by Crippen LogP contribution is -2.01. The molecule has 23 heavy (non-hydrogen) atoms. The lowest BCUT2D eigenvalue weighted by Gasteiger charge is -2.21. The highest BCUT2D eigenvalue weighted by atomic mass is 16.3. The topological polar surface area (TPSA) is 20.2 Å². The number of rotatable bonds is 2. The summed E-state index contributed by atoms with van der Waals surface area (Å²) in [6, 6.07) is 13.1. The zero-order valence-electron chi connectivity index (χ0n) is 14.4. The second kappa shape index (κ2) is 6.62. The van der Waals surface area contributed by atoms with Crippen LogP contribution in [-0.4, -0.2) is 5.11 Å². The molecule has 2 aromatic rings. The molecule has 0 amide bonds. The Labute approximate surface area is 139 Å². The van der Waals surface area contributed by atoms with E-state index in [9.17, 15) is 5.11 Å². The molecule has 0 heterocycles. The van der Waals surface area contributed by atoms with E-state index < -0.39 is 0 Å². The molecule has 0 spiro atoms. The van der Waals surface area contributed by atoms with E-state index >= 15 is 0 Å². The molecule has 0 bridgehead atoms. The zero-order valence-corrected chi connectivity index (χ0v) is 14.4. The Balaban J connectivity index is 2.18. The highest BCUT2D eigenvalue weighted by molar-refractivity contribution is 5.83. The Kier molecular flexibility index (Phi) is 4.56. The maximum absolute atomic E-state index is 10.1. The minimum Gasteiger partial charge on any atom is -0.507 e. The summed E-state index contributed by atoms with van der Waals surface area (Å²) >= 11 is 0. The van der Waals surface area contributed by atoms with Crippen LogP contribution >= 0.6 is 0 Å². The first-order valence-electron chi connectivity index (χ1n) is 8.66. The monoisotopic (exact) mass is 306 g/mol. The van der Waals surface area contributed by atoms with Crippen LogP contribution in [0.3, 0.4) is 0 Å². The Bertz CT molecular complexity index is 704. The molecular weight excluding hydrogens is 280 g/mol. The first kappa shape index (κ1) is 15.9. The molecule has 1 fully saturated rings. The Morgan fingerprint density at radius 2 is 1.35 bits per heavy atom. The van der Waals surface area contributed by atoms with Crippen molar-refractivity contribution in [3.63, 3.8) is 0 Å². The summed E-state index contributed by atoms with van der Waals surface area (Å²) in [4.78, 5) is 0. The Morgan fingerprint density at radius 1 is 0.783 bits per heavy atom. The molecule has 1 N–H and O–H groups in total. The molecular formula is C22H26O. The largest absolute Gasteiger partial charge is 0.507 e. The minimum atomic E-state index is 0.422. The Hall–Kier alpha value is -2.02. The number of phenolic OH excluding ortho intramolecular Hbond substituents is 1. The third-order valence-corrected chi connectivity index (χ3v) is 4.93. The SMILES string of the molecule is Cc1ccc(C(=C2CCCCC2)c2cc(C)c(O)c(C)c2)cc1. The van der Waals surface area contributed by atoms with E-state index in [1.54, 1.807) is 5.57 Å². The van der Waals surface area contributed by atoms with Gasteiger partial charge in [0.2, 0.25) is 0 Å². The van der Waals surface area contributed by atoms with Crippen molar-refractivity contribution in [1.82, 2.24) is 0 Å². The fourth-order valence-electron chi connectivity index (χ4n) is 3.62. The van der Waals surface area contributed by atoms with Crippen LogP contribution in [0.2, 0.25) is 0 Å². The van der Waals surface area contributed by atoms with Crippen molar-refractivity contribution in [3.05, 3.63) is 69.8 Å². The third kappa shape index (κ3) is 3.34. The summed E-state index contributed by atoms with van der Waals surface area (Å²) in [5.41, 5.74) is 8.72. The van der Waals surface area contributed by atoms with Crippen molar-refractivity contribution < 1.29 is 5.11 Å². The van der Waals surface area contributed by atoms with Gasteiger partial charge in [-0.15, -0.1) is 0 Å². The number of benzene rings is 2. The number of phenols is 1. The number of allylic oxidation sites excluding steroid dienone is 1. The van der Waals surface area contributed by atoms with E-state index in [2.05, 4.69) is 43.3 Å². The molecule has 0 unspecified atom stereocenters. The molecule has 1 aliphatic carbocycles. The lowest BCUT2D eigenvalue weighted by atomic mass is 9.84. The minimum absolute atomic E-state index is 0.422. The van der Waals surface area contributed by atoms with Crippen LogP contribution in [0, 0.1) is 20.8 Å². The molecule has 1 nitrogen and oxygen atoms in total. The first-order chi connectivity index (χ1) is 11.1. The fourth-order valence-corrected chi connectivity index (χ4v) is 3.62. The molecule has 3 rings (SSSR count). The van der Waals surface area contributed by atoms with Crippen LogP contribution in [0.1, 0.15) is 59.9 Å². The van der Waals surface area contributed by atoms with Gasteiger partial charge in [-0.25, -0.2) is 0 Å². The lowest BCUT2D eigenvalue weighted by molar-refractivity contribution is 0.467. The summed E-state index contributed by atoms with van der Waals surface area (Å²) in [5, 5.41) is 10.1. The molecule has 2 aromatic carbocycles. The average molecular weight is 306 g/mol. The van der Waals surface area contributed by atoms with Gasteiger partial charge in [0.25, 0.3) is 0 Å². The van der Waals surface area contributed by atoms with Crippen LogP contribution in [0.15, 0.2) is 42.0 Å². The second-order valence-electron chi connectivity index (χ2n) is 6.86. The maximum Gasteiger partial charge on any atom is 0.121 e. The van der Waals surface area contributed by atoms with Crippen LogP contribution < -0.4 is 0 Å². The summed E-state index contributed by atoms with van der Waals surface area (Å²) in [6.45, 7) is 6.11. The zero-order chi connectivity index (χ0) is 16.4. The summed E-state index contributed by atoms with van der Waals surface area (Å²) in [6.07, 6.45) is 6.32. The van der Waals surface area contributed by atoms with Gasteiger partial charge in [0, 0.05) is 0 Å². The van der Waals surface area contributed by atoms with Crippen LogP contribution in [0.5, 0.6) is 5.75 Å². The predicted octanol–water partition coefficient (Wildman–Crippen LogP) is 6.08. The van der Waals surface area contributed by atoms with Gasteiger partial charge >= 0.3 is 0 Å². The van der Waals surface area contributed by atoms with Crippen molar-refractivity contribution in [3.8, 4) is 5.75 Å². The van der Waals surface area contributed by atoms with Crippen LogP contribution in [-0.2, 0) is 0 Å². The predicted molar refractivity (Wildman–Crippen MR) is 97.9 cm³/mol. The molecule has 0 aliphatic heterocycles. The molecule has 1 aliphatic rings. The smallest absolute Gasteiger partial charge is 0.121 e. The van der Waals surface area contributed by atoms with Crippen molar-refractivity contribution in [2.75, 3.05) is 0 Å². The molecule has 120 valence electrons. The number of hydrogen-bond acceptors (Lipinski definition) is 1. The van der Waals surface area contributed by atoms with E-state index in [0.717, 1.165) is 11.1 Å². The van der Waals surface area contributed by atoms with Gasteiger partial charge in [0.15, 0.2) is 0 Å². The Morgan fingerprint density at radius 3 is 1.91 bits per heavy atom. The average Bonchev–Trinajstić information content (AvgIpc) is 2.55. The van der Waals surface area contributed by atoms with Gasteiger partial charge in [-0.3, -0.25) is 0 Å².